The van der Waals surface area contributed by atoms with Crippen molar-refractivity contribution in [1.82, 2.24) is 9.80 Å². The minimum Gasteiger partial charge on any atom is -0.395 e. The summed E-state index contributed by atoms with van der Waals surface area (Å²) in [7, 11) is 0. The highest BCUT2D eigenvalue weighted by Gasteiger charge is 2.23. The molecule has 1 amide bonds. The van der Waals surface area contributed by atoms with Gasteiger partial charge in [0, 0.05) is 37.4 Å². The van der Waals surface area contributed by atoms with Gasteiger partial charge >= 0.3 is 0 Å². The van der Waals surface area contributed by atoms with Gasteiger partial charge in [-0.25, -0.2) is 4.39 Å². The van der Waals surface area contributed by atoms with Gasteiger partial charge in [0.2, 0.25) is 0 Å². The van der Waals surface area contributed by atoms with E-state index in [-0.39, 0.29) is 18.3 Å². The Kier molecular flexibility index (Phi) is 4.19. The molecule has 1 aromatic heterocycles. The van der Waals surface area contributed by atoms with Crippen molar-refractivity contribution < 1.29 is 14.3 Å². The highest BCUT2D eigenvalue weighted by molar-refractivity contribution is 7.20. The molecule has 0 bridgehead atoms. The van der Waals surface area contributed by atoms with Crippen molar-refractivity contribution in [1.29, 1.82) is 0 Å². The molecule has 6 heteroatoms. The molecule has 2 heterocycles. The van der Waals surface area contributed by atoms with Gasteiger partial charge < -0.3 is 10.0 Å². The predicted molar refractivity (Wildman–Crippen MR) is 81.2 cm³/mol. The zero-order chi connectivity index (χ0) is 14.8. The van der Waals surface area contributed by atoms with Crippen molar-refractivity contribution in [3.8, 4) is 0 Å². The molecule has 1 saturated heterocycles. The van der Waals surface area contributed by atoms with Crippen LogP contribution in [-0.2, 0) is 0 Å². The van der Waals surface area contributed by atoms with Crippen LogP contribution in [0.3, 0.4) is 0 Å². The zero-order valence-corrected chi connectivity index (χ0v) is 12.4. The summed E-state index contributed by atoms with van der Waals surface area (Å²) in [5, 5.41) is 9.70. The molecule has 1 aliphatic rings. The van der Waals surface area contributed by atoms with Gasteiger partial charge in [-0.15, -0.1) is 11.3 Å². The van der Waals surface area contributed by atoms with E-state index >= 15 is 0 Å². The first kappa shape index (κ1) is 14.4. The molecule has 0 radical (unpaired) electrons. The average molecular weight is 308 g/mol. The normalized spacial score (nSPS) is 16.6. The molecule has 0 atom stereocenters. The lowest BCUT2D eigenvalue weighted by molar-refractivity contribution is 0.0619. The van der Waals surface area contributed by atoms with Gasteiger partial charge in [-0.1, -0.05) is 0 Å². The lowest BCUT2D eigenvalue weighted by Gasteiger charge is -2.34. The number of aliphatic hydroxyl groups excluding tert-OH is 1. The van der Waals surface area contributed by atoms with Crippen LogP contribution in [0.15, 0.2) is 24.3 Å². The second kappa shape index (κ2) is 6.09. The lowest BCUT2D eigenvalue weighted by atomic mass is 10.2. The lowest BCUT2D eigenvalue weighted by Crippen LogP contribution is -2.49. The molecule has 1 N–H and O–H groups in total. The number of hydrogen-bond acceptors (Lipinski definition) is 4. The molecule has 0 saturated carbocycles. The number of nitrogens with zero attached hydrogens (tertiary/aromatic N) is 2. The van der Waals surface area contributed by atoms with Crippen molar-refractivity contribution in [2.24, 2.45) is 0 Å². The number of hydrogen-bond donors (Lipinski definition) is 1. The third-order valence-corrected chi connectivity index (χ3v) is 4.87. The molecular weight excluding hydrogens is 291 g/mol. The molecule has 0 spiro atoms. The summed E-state index contributed by atoms with van der Waals surface area (Å²) in [5.41, 5.74) is 0. The number of thiophene rings is 1. The number of rotatable bonds is 3. The van der Waals surface area contributed by atoms with Crippen LogP contribution in [0.5, 0.6) is 0 Å². The fourth-order valence-corrected chi connectivity index (χ4v) is 3.60. The van der Waals surface area contributed by atoms with E-state index in [2.05, 4.69) is 4.90 Å². The third-order valence-electron chi connectivity index (χ3n) is 3.76. The van der Waals surface area contributed by atoms with Gasteiger partial charge in [0.15, 0.2) is 0 Å². The Hall–Kier alpha value is -1.50. The highest BCUT2D eigenvalue weighted by atomic mass is 32.1. The maximum Gasteiger partial charge on any atom is 0.264 e. The second-order valence-corrected chi connectivity index (χ2v) is 6.23. The molecule has 1 aromatic carbocycles. The first-order valence-electron chi connectivity index (χ1n) is 6.99. The Morgan fingerprint density at radius 1 is 1.24 bits per heavy atom. The maximum atomic E-state index is 13.2. The van der Waals surface area contributed by atoms with Crippen LogP contribution in [-0.4, -0.2) is 60.1 Å². The molecular formula is C15H17FN2O2S. The molecule has 0 aliphatic carbocycles. The zero-order valence-electron chi connectivity index (χ0n) is 11.6. The second-order valence-electron chi connectivity index (χ2n) is 5.15. The summed E-state index contributed by atoms with van der Waals surface area (Å²) in [6, 6.07) is 6.36. The Labute approximate surface area is 126 Å². The van der Waals surface area contributed by atoms with Crippen LogP contribution in [0.4, 0.5) is 4.39 Å². The van der Waals surface area contributed by atoms with Crippen molar-refractivity contribution >= 4 is 27.3 Å². The molecule has 1 aliphatic heterocycles. The van der Waals surface area contributed by atoms with E-state index in [0.29, 0.717) is 24.5 Å². The van der Waals surface area contributed by atoms with Gasteiger partial charge in [-0.05, 0) is 29.7 Å². The van der Waals surface area contributed by atoms with Crippen molar-refractivity contribution in [3.63, 3.8) is 0 Å². The maximum absolute atomic E-state index is 13.2. The van der Waals surface area contributed by atoms with Gasteiger partial charge in [-0.2, -0.15) is 0 Å². The molecule has 3 rings (SSSR count). The fraction of sp³-hybridized carbons (Fsp3) is 0.400. The molecule has 4 nitrogen and oxygen atoms in total. The standard InChI is InChI=1S/C15H17FN2O2S/c16-12-1-2-13-11(9-12)10-14(21-13)15(20)18-5-3-17(4-6-18)7-8-19/h1-2,9-10,19H,3-8H2. The summed E-state index contributed by atoms with van der Waals surface area (Å²) < 4.78 is 14.1. The van der Waals surface area contributed by atoms with E-state index in [1.54, 1.807) is 12.1 Å². The van der Waals surface area contributed by atoms with Gasteiger partial charge in [-0.3, -0.25) is 9.69 Å². The number of amides is 1. The van der Waals surface area contributed by atoms with Crippen LogP contribution in [0, 0.1) is 5.82 Å². The number of aliphatic hydroxyl groups is 1. The Bertz CT molecular complexity index is 650. The van der Waals surface area contributed by atoms with E-state index in [9.17, 15) is 9.18 Å². The van der Waals surface area contributed by atoms with E-state index < -0.39 is 0 Å². The van der Waals surface area contributed by atoms with Crippen LogP contribution >= 0.6 is 11.3 Å². The first-order valence-corrected chi connectivity index (χ1v) is 7.80. The monoisotopic (exact) mass is 308 g/mol. The molecule has 2 aromatic rings. The van der Waals surface area contributed by atoms with Crippen LogP contribution in [0.25, 0.3) is 10.1 Å². The summed E-state index contributed by atoms with van der Waals surface area (Å²) >= 11 is 1.41. The van der Waals surface area contributed by atoms with Crippen LogP contribution in [0.1, 0.15) is 9.67 Å². The third kappa shape index (κ3) is 3.07. The number of halogens is 1. The summed E-state index contributed by atoms with van der Waals surface area (Å²) in [6.45, 7) is 3.71. The first-order chi connectivity index (χ1) is 10.2. The van der Waals surface area contributed by atoms with Crippen LogP contribution < -0.4 is 0 Å². The van der Waals surface area contributed by atoms with Gasteiger partial charge in [0.1, 0.15) is 5.82 Å². The van der Waals surface area contributed by atoms with Gasteiger partial charge in [0.25, 0.3) is 5.91 Å². The smallest absolute Gasteiger partial charge is 0.264 e. The minimum absolute atomic E-state index is 0.0141. The number of piperazine rings is 1. The van der Waals surface area contributed by atoms with Crippen molar-refractivity contribution in [2.45, 2.75) is 0 Å². The molecule has 21 heavy (non-hydrogen) atoms. The highest BCUT2D eigenvalue weighted by Crippen LogP contribution is 2.27. The van der Waals surface area contributed by atoms with Gasteiger partial charge in [0.05, 0.1) is 11.5 Å². The summed E-state index contributed by atoms with van der Waals surface area (Å²) in [6.07, 6.45) is 0. The number of carbonyl (C=O) groups excluding carboxylic acids is 1. The van der Waals surface area contributed by atoms with E-state index in [4.69, 9.17) is 5.11 Å². The minimum atomic E-state index is -0.281. The number of β-amino-alcohol motifs (C(OH)–C–C–N with tert-alkyl or cyclic N) is 1. The summed E-state index contributed by atoms with van der Waals surface area (Å²) in [4.78, 5) is 17.1. The molecule has 112 valence electrons. The fourth-order valence-electron chi connectivity index (χ4n) is 2.59. The quantitative estimate of drug-likeness (QED) is 0.940. The predicted octanol–water partition coefficient (Wildman–Crippen LogP) is 1.79. The Morgan fingerprint density at radius 3 is 2.71 bits per heavy atom. The van der Waals surface area contributed by atoms with Crippen molar-refractivity contribution in [3.05, 3.63) is 35.0 Å². The van der Waals surface area contributed by atoms with Crippen LogP contribution in [0.2, 0.25) is 0 Å². The van der Waals surface area contributed by atoms with E-state index in [1.807, 2.05) is 4.90 Å². The van der Waals surface area contributed by atoms with Crippen molar-refractivity contribution in [2.75, 3.05) is 39.3 Å². The number of fused-ring (bicyclic) bond motifs is 1. The van der Waals surface area contributed by atoms with E-state index in [1.165, 1.54) is 23.5 Å². The Morgan fingerprint density at radius 2 is 2.00 bits per heavy atom. The van der Waals surface area contributed by atoms with E-state index in [0.717, 1.165) is 23.2 Å². The number of benzene rings is 1. The largest absolute Gasteiger partial charge is 0.395 e. The average Bonchev–Trinajstić information content (AvgIpc) is 2.90. The summed E-state index contributed by atoms with van der Waals surface area (Å²) in [5.74, 6) is -0.267. The SMILES string of the molecule is O=C(c1cc2cc(F)ccc2s1)N1CCN(CCO)CC1. The molecule has 1 fully saturated rings. The number of carbonyl (C=O) groups is 1. The molecule has 0 unspecified atom stereocenters. The Balaban J connectivity index is 1.72. The topological polar surface area (TPSA) is 43.8 Å².